The second kappa shape index (κ2) is 4.02. The molecule has 82 valence electrons. The lowest BCUT2D eigenvalue weighted by molar-refractivity contribution is 0.462. The normalized spacial score (nSPS) is 10.0. The van der Waals surface area contributed by atoms with E-state index in [2.05, 4.69) is 5.32 Å². The first-order valence-corrected chi connectivity index (χ1v) is 4.73. The van der Waals surface area contributed by atoms with Crippen LogP contribution in [0.3, 0.4) is 0 Å². The molecule has 0 aromatic heterocycles. The number of phenols is 3. The van der Waals surface area contributed by atoms with Crippen molar-refractivity contribution in [2.24, 2.45) is 0 Å². The van der Waals surface area contributed by atoms with Crippen molar-refractivity contribution in [3.05, 3.63) is 42.5 Å². The molecule has 0 radical (unpaired) electrons. The lowest BCUT2D eigenvalue weighted by atomic mass is 10.2. The number of anilines is 2. The van der Waals surface area contributed by atoms with E-state index < -0.39 is 0 Å². The van der Waals surface area contributed by atoms with Crippen LogP contribution in [-0.4, -0.2) is 15.3 Å². The monoisotopic (exact) mass is 217 g/mol. The van der Waals surface area contributed by atoms with Crippen LogP contribution in [0.1, 0.15) is 0 Å². The number of aromatic hydroxyl groups is 3. The average molecular weight is 217 g/mol. The van der Waals surface area contributed by atoms with Gasteiger partial charge in [-0.1, -0.05) is 0 Å². The maximum Gasteiger partial charge on any atom is 0.139 e. The molecule has 0 spiro atoms. The highest BCUT2D eigenvalue weighted by Gasteiger charge is 2.02. The minimum absolute atomic E-state index is 0.0471. The Hall–Kier alpha value is -2.36. The van der Waals surface area contributed by atoms with E-state index in [0.29, 0.717) is 11.4 Å². The summed E-state index contributed by atoms with van der Waals surface area (Å²) >= 11 is 0. The van der Waals surface area contributed by atoms with Gasteiger partial charge in [0, 0.05) is 11.8 Å². The molecule has 0 heterocycles. The molecule has 4 N–H and O–H groups in total. The molecule has 0 saturated carbocycles. The topological polar surface area (TPSA) is 72.7 Å². The van der Waals surface area contributed by atoms with Crippen molar-refractivity contribution in [3.63, 3.8) is 0 Å². The van der Waals surface area contributed by atoms with Gasteiger partial charge >= 0.3 is 0 Å². The standard InChI is InChI=1S/C12H11NO3/c14-9-3-1-8(2-4-9)13-11-7-10(15)5-6-12(11)16/h1-7,13-16H. The number of hydrogen-bond donors (Lipinski definition) is 4. The number of phenolic OH excluding ortho intramolecular Hbond substituents is 3. The summed E-state index contributed by atoms with van der Waals surface area (Å²) < 4.78 is 0. The van der Waals surface area contributed by atoms with Crippen LogP contribution in [0.5, 0.6) is 17.2 Å². The first-order valence-electron chi connectivity index (χ1n) is 4.73. The number of rotatable bonds is 2. The Labute approximate surface area is 92.4 Å². The number of nitrogens with one attached hydrogen (secondary N) is 1. The zero-order valence-electron chi connectivity index (χ0n) is 8.38. The molecule has 0 fully saturated rings. The summed E-state index contributed by atoms with van der Waals surface area (Å²) in [4.78, 5) is 0. The van der Waals surface area contributed by atoms with Crippen LogP contribution in [0.25, 0.3) is 0 Å². The van der Waals surface area contributed by atoms with Crippen molar-refractivity contribution >= 4 is 11.4 Å². The molecular weight excluding hydrogens is 206 g/mol. The third kappa shape index (κ3) is 2.17. The SMILES string of the molecule is Oc1ccc(Nc2cc(O)ccc2O)cc1. The van der Waals surface area contributed by atoms with Gasteiger partial charge in [0.2, 0.25) is 0 Å². The molecule has 0 bridgehead atoms. The van der Waals surface area contributed by atoms with E-state index in [0.717, 1.165) is 0 Å². The van der Waals surface area contributed by atoms with Crippen molar-refractivity contribution in [2.75, 3.05) is 5.32 Å². The maximum atomic E-state index is 9.53. The molecular formula is C12H11NO3. The van der Waals surface area contributed by atoms with Crippen LogP contribution in [0, 0.1) is 0 Å². The van der Waals surface area contributed by atoms with Crippen LogP contribution < -0.4 is 5.32 Å². The number of benzene rings is 2. The second-order valence-electron chi connectivity index (χ2n) is 3.37. The van der Waals surface area contributed by atoms with E-state index in [1.165, 1.54) is 30.3 Å². The van der Waals surface area contributed by atoms with Gasteiger partial charge in [0.25, 0.3) is 0 Å². The van der Waals surface area contributed by atoms with Gasteiger partial charge in [-0.2, -0.15) is 0 Å². The highest BCUT2D eigenvalue weighted by molar-refractivity contribution is 5.67. The van der Waals surface area contributed by atoms with Gasteiger partial charge in [-0.3, -0.25) is 0 Å². The third-order valence-corrected chi connectivity index (χ3v) is 2.13. The Morgan fingerprint density at radius 2 is 1.38 bits per heavy atom. The minimum atomic E-state index is 0.0471. The van der Waals surface area contributed by atoms with Gasteiger partial charge in [-0.25, -0.2) is 0 Å². The first kappa shape index (κ1) is 10.2. The van der Waals surface area contributed by atoms with Crippen molar-refractivity contribution < 1.29 is 15.3 Å². The Kier molecular flexibility index (Phi) is 2.55. The quantitative estimate of drug-likeness (QED) is 0.460. The van der Waals surface area contributed by atoms with E-state index >= 15 is 0 Å². The third-order valence-electron chi connectivity index (χ3n) is 2.13. The van der Waals surface area contributed by atoms with Crippen molar-refractivity contribution in [3.8, 4) is 17.2 Å². The zero-order chi connectivity index (χ0) is 11.5. The fourth-order valence-electron chi connectivity index (χ4n) is 1.32. The summed E-state index contributed by atoms with van der Waals surface area (Å²) in [5.74, 6) is 0.288. The Morgan fingerprint density at radius 1 is 0.750 bits per heavy atom. The molecule has 0 aliphatic carbocycles. The summed E-state index contributed by atoms with van der Waals surface area (Å²) in [7, 11) is 0. The minimum Gasteiger partial charge on any atom is -0.508 e. The molecule has 0 aliphatic rings. The van der Waals surface area contributed by atoms with Crippen molar-refractivity contribution in [2.45, 2.75) is 0 Å². The van der Waals surface area contributed by atoms with E-state index in [-0.39, 0.29) is 17.2 Å². The zero-order valence-corrected chi connectivity index (χ0v) is 8.38. The fourth-order valence-corrected chi connectivity index (χ4v) is 1.32. The Morgan fingerprint density at radius 3 is 2.06 bits per heavy atom. The fraction of sp³-hybridized carbons (Fsp3) is 0. The second-order valence-corrected chi connectivity index (χ2v) is 3.37. The van der Waals surface area contributed by atoms with Gasteiger partial charge in [-0.05, 0) is 36.4 Å². The molecule has 0 atom stereocenters. The van der Waals surface area contributed by atoms with E-state index in [1.54, 1.807) is 12.1 Å². The van der Waals surface area contributed by atoms with E-state index in [4.69, 9.17) is 5.11 Å². The van der Waals surface area contributed by atoms with Crippen LogP contribution >= 0.6 is 0 Å². The van der Waals surface area contributed by atoms with Crippen LogP contribution in [0.4, 0.5) is 11.4 Å². The predicted molar refractivity (Wildman–Crippen MR) is 61.2 cm³/mol. The predicted octanol–water partition coefficient (Wildman–Crippen LogP) is 2.55. The van der Waals surface area contributed by atoms with Gasteiger partial charge in [-0.15, -0.1) is 0 Å². The molecule has 0 aliphatic heterocycles. The lowest BCUT2D eigenvalue weighted by Gasteiger charge is -2.08. The van der Waals surface area contributed by atoms with Crippen LogP contribution in [-0.2, 0) is 0 Å². The van der Waals surface area contributed by atoms with Crippen molar-refractivity contribution in [1.82, 2.24) is 0 Å². The molecule has 0 unspecified atom stereocenters. The highest BCUT2D eigenvalue weighted by atomic mass is 16.3. The lowest BCUT2D eigenvalue weighted by Crippen LogP contribution is -1.89. The van der Waals surface area contributed by atoms with Crippen LogP contribution in [0.15, 0.2) is 42.5 Å². The molecule has 2 rings (SSSR count). The summed E-state index contributed by atoms with van der Waals surface area (Å²) in [6.07, 6.45) is 0. The molecule has 2 aromatic carbocycles. The van der Waals surface area contributed by atoms with Gasteiger partial charge in [0.1, 0.15) is 17.2 Å². The summed E-state index contributed by atoms with van der Waals surface area (Å²) in [5.41, 5.74) is 1.12. The molecule has 4 nitrogen and oxygen atoms in total. The molecule has 0 amide bonds. The van der Waals surface area contributed by atoms with Crippen molar-refractivity contribution in [1.29, 1.82) is 0 Å². The van der Waals surface area contributed by atoms with E-state index in [9.17, 15) is 10.2 Å². The highest BCUT2D eigenvalue weighted by Crippen LogP contribution is 2.30. The summed E-state index contributed by atoms with van der Waals surface area (Å²) in [6, 6.07) is 10.6. The molecule has 16 heavy (non-hydrogen) atoms. The van der Waals surface area contributed by atoms with Crippen LogP contribution in [0.2, 0.25) is 0 Å². The van der Waals surface area contributed by atoms with Gasteiger partial charge in [0.05, 0.1) is 5.69 Å². The molecule has 0 saturated heterocycles. The van der Waals surface area contributed by atoms with E-state index in [1.807, 2.05) is 0 Å². The largest absolute Gasteiger partial charge is 0.508 e. The smallest absolute Gasteiger partial charge is 0.139 e. The maximum absolute atomic E-state index is 9.53. The summed E-state index contributed by atoms with van der Waals surface area (Å²) in [5, 5.41) is 30.8. The Balaban J connectivity index is 2.26. The van der Waals surface area contributed by atoms with Gasteiger partial charge in [0.15, 0.2) is 0 Å². The molecule has 4 heteroatoms. The first-order chi connectivity index (χ1) is 7.65. The van der Waals surface area contributed by atoms with Gasteiger partial charge < -0.3 is 20.6 Å². The molecule has 2 aromatic rings. The Bertz CT molecular complexity index is 494. The summed E-state index contributed by atoms with van der Waals surface area (Å²) in [6.45, 7) is 0. The average Bonchev–Trinajstić information content (AvgIpc) is 2.27. The number of hydrogen-bond acceptors (Lipinski definition) is 4.